The van der Waals surface area contributed by atoms with E-state index in [1.165, 1.54) is 51.4 Å². The molecule has 1 aliphatic heterocycles. The van der Waals surface area contributed by atoms with Crippen molar-refractivity contribution in [3.8, 4) is 5.75 Å². The predicted octanol–water partition coefficient (Wildman–Crippen LogP) is 5.10. The molecule has 0 aromatic heterocycles. The molecule has 0 radical (unpaired) electrons. The summed E-state index contributed by atoms with van der Waals surface area (Å²) in [6, 6.07) is 6.38. The predicted molar refractivity (Wildman–Crippen MR) is 88.4 cm³/mol. The monoisotopic (exact) mass is 349 g/mol. The minimum atomic E-state index is 0.00802. The van der Waals surface area contributed by atoms with Crippen molar-refractivity contribution in [2.45, 2.75) is 69.4 Å². The molecule has 21 heavy (non-hydrogen) atoms. The van der Waals surface area contributed by atoms with Gasteiger partial charge in [-0.05, 0) is 62.1 Å². The summed E-state index contributed by atoms with van der Waals surface area (Å²) in [6.07, 6.45) is 11.8. The lowest BCUT2D eigenvalue weighted by Crippen LogP contribution is -2.47. The summed E-state index contributed by atoms with van der Waals surface area (Å²) in [5, 5.41) is 0. The van der Waals surface area contributed by atoms with E-state index in [0.29, 0.717) is 5.41 Å². The molecule has 2 spiro atoms. The zero-order chi connectivity index (χ0) is 14.5. The number of benzene rings is 1. The standard InChI is InChI=1S/C18H24BrNO/c19-13-3-4-16-14(11-13)15(20)12-18(21-16)9-7-17(8-10-18)5-1-2-6-17/h3-4,11,15H,1-2,5-10,12,20H2/t15-/m0/s1. The van der Waals surface area contributed by atoms with Crippen LogP contribution in [0.1, 0.15) is 69.4 Å². The average molecular weight is 350 g/mol. The first-order valence-corrected chi connectivity index (χ1v) is 9.13. The fourth-order valence-corrected chi connectivity index (χ4v) is 5.23. The molecule has 3 heteroatoms. The Bertz CT molecular complexity index is 540. The highest BCUT2D eigenvalue weighted by atomic mass is 79.9. The third-order valence-corrected chi connectivity index (χ3v) is 6.67. The molecule has 1 heterocycles. The summed E-state index contributed by atoms with van der Waals surface area (Å²) in [6.45, 7) is 0. The number of hydrogen-bond acceptors (Lipinski definition) is 2. The lowest BCUT2D eigenvalue weighted by molar-refractivity contribution is -0.0327. The van der Waals surface area contributed by atoms with Gasteiger partial charge in [0, 0.05) is 22.5 Å². The van der Waals surface area contributed by atoms with Crippen LogP contribution < -0.4 is 10.5 Å². The van der Waals surface area contributed by atoms with Crippen molar-refractivity contribution in [2.75, 3.05) is 0 Å². The topological polar surface area (TPSA) is 35.2 Å². The zero-order valence-electron chi connectivity index (χ0n) is 12.5. The van der Waals surface area contributed by atoms with Crippen LogP contribution in [-0.2, 0) is 0 Å². The van der Waals surface area contributed by atoms with E-state index in [2.05, 4.69) is 34.1 Å². The van der Waals surface area contributed by atoms with Crippen LogP contribution in [0, 0.1) is 5.41 Å². The third-order valence-electron chi connectivity index (χ3n) is 6.18. The van der Waals surface area contributed by atoms with E-state index < -0.39 is 0 Å². The molecule has 4 rings (SSSR count). The summed E-state index contributed by atoms with van der Waals surface area (Å²) >= 11 is 3.53. The fraction of sp³-hybridized carbons (Fsp3) is 0.667. The highest BCUT2D eigenvalue weighted by molar-refractivity contribution is 9.10. The Labute approximate surface area is 135 Å². The van der Waals surface area contributed by atoms with E-state index in [0.717, 1.165) is 22.2 Å². The van der Waals surface area contributed by atoms with Crippen molar-refractivity contribution in [3.05, 3.63) is 28.2 Å². The van der Waals surface area contributed by atoms with Crippen molar-refractivity contribution in [1.29, 1.82) is 0 Å². The van der Waals surface area contributed by atoms with Gasteiger partial charge in [0.1, 0.15) is 11.4 Å². The number of hydrogen-bond donors (Lipinski definition) is 1. The Kier molecular flexibility index (Phi) is 3.34. The number of halogens is 1. The summed E-state index contributed by atoms with van der Waals surface area (Å²) in [4.78, 5) is 0. The lowest BCUT2D eigenvalue weighted by atomic mass is 9.65. The summed E-state index contributed by atoms with van der Waals surface area (Å²) in [5.41, 5.74) is 8.29. The van der Waals surface area contributed by atoms with Crippen LogP contribution in [0.5, 0.6) is 5.75 Å². The quantitative estimate of drug-likeness (QED) is 0.706. The second kappa shape index (κ2) is 4.99. The first-order chi connectivity index (χ1) is 10.1. The van der Waals surface area contributed by atoms with E-state index in [1.807, 2.05) is 0 Å². The fourth-order valence-electron chi connectivity index (χ4n) is 4.85. The van der Waals surface area contributed by atoms with Gasteiger partial charge in [-0.25, -0.2) is 0 Å². The largest absolute Gasteiger partial charge is 0.487 e. The molecule has 114 valence electrons. The van der Waals surface area contributed by atoms with Crippen LogP contribution in [0.2, 0.25) is 0 Å². The number of nitrogens with two attached hydrogens (primary N) is 1. The molecule has 2 fully saturated rings. The molecule has 0 bridgehead atoms. The molecule has 0 saturated heterocycles. The van der Waals surface area contributed by atoms with Crippen LogP contribution >= 0.6 is 15.9 Å². The Balaban J connectivity index is 1.56. The first kappa shape index (κ1) is 14.1. The third kappa shape index (κ3) is 2.43. The van der Waals surface area contributed by atoms with Gasteiger partial charge in [-0.3, -0.25) is 0 Å². The van der Waals surface area contributed by atoms with Gasteiger partial charge < -0.3 is 10.5 Å². The number of ether oxygens (including phenoxy) is 1. The van der Waals surface area contributed by atoms with E-state index in [1.54, 1.807) is 0 Å². The van der Waals surface area contributed by atoms with Crippen LogP contribution in [0.15, 0.2) is 22.7 Å². The second-order valence-electron chi connectivity index (χ2n) is 7.48. The van der Waals surface area contributed by atoms with E-state index in [-0.39, 0.29) is 11.6 Å². The Morgan fingerprint density at radius 1 is 1.05 bits per heavy atom. The molecular formula is C18H24BrNO. The summed E-state index contributed by atoms with van der Waals surface area (Å²) in [7, 11) is 0. The molecule has 1 aromatic carbocycles. The maximum atomic E-state index is 6.49. The van der Waals surface area contributed by atoms with Gasteiger partial charge in [0.2, 0.25) is 0 Å². The van der Waals surface area contributed by atoms with Crippen LogP contribution in [0.25, 0.3) is 0 Å². The van der Waals surface area contributed by atoms with Crippen molar-refractivity contribution in [1.82, 2.24) is 0 Å². The highest BCUT2D eigenvalue weighted by Gasteiger charge is 2.47. The van der Waals surface area contributed by atoms with Crippen LogP contribution in [-0.4, -0.2) is 5.60 Å². The van der Waals surface area contributed by atoms with Gasteiger partial charge in [-0.1, -0.05) is 28.8 Å². The smallest absolute Gasteiger partial charge is 0.124 e. The van der Waals surface area contributed by atoms with Gasteiger partial charge in [-0.2, -0.15) is 0 Å². The first-order valence-electron chi connectivity index (χ1n) is 8.34. The molecule has 2 nitrogen and oxygen atoms in total. The Hall–Kier alpha value is -0.540. The molecule has 3 aliphatic rings. The van der Waals surface area contributed by atoms with Gasteiger partial charge in [-0.15, -0.1) is 0 Å². The van der Waals surface area contributed by atoms with E-state index >= 15 is 0 Å². The molecule has 1 atom stereocenters. The Morgan fingerprint density at radius 3 is 2.48 bits per heavy atom. The lowest BCUT2D eigenvalue weighted by Gasteiger charge is -2.48. The molecule has 1 aromatic rings. The van der Waals surface area contributed by atoms with Crippen molar-refractivity contribution >= 4 is 15.9 Å². The van der Waals surface area contributed by atoms with E-state index in [9.17, 15) is 0 Å². The number of rotatable bonds is 0. The number of fused-ring (bicyclic) bond motifs is 1. The second-order valence-corrected chi connectivity index (χ2v) is 8.40. The Morgan fingerprint density at radius 2 is 1.76 bits per heavy atom. The molecule has 0 unspecified atom stereocenters. The van der Waals surface area contributed by atoms with Crippen molar-refractivity contribution in [3.63, 3.8) is 0 Å². The summed E-state index contributed by atoms with van der Waals surface area (Å²) in [5.74, 6) is 1.01. The summed E-state index contributed by atoms with van der Waals surface area (Å²) < 4.78 is 7.58. The molecule has 2 N–H and O–H groups in total. The van der Waals surface area contributed by atoms with Crippen molar-refractivity contribution < 1.29 is 4.74 Å². The molecular weight excluding hydrogens is 326 g/mol. The molecule has 0 amide bonds. The highest BCUT2D eigenvalue weighted by Crippen LogP contribution is 2.55. The maximum absolute atomic E-state index is 6.49. The van der Waals surface area contributed by atoms with Gasteiger partial charge in [0.15, 0.2) is 0 Å². The zero-order valence-corrected chi connectivity index (χ0v) is 14.1. The average Bonchev–Trinajstić information content (AvgIpc) is 2.93. The van der Waals surface area contributed by atoms with E-state index in [4.69, 9.17) is 10.5 Å². The normalized spacial score (nSPS) is 29.3. The molecule has 2 aliphatic carbocycles. The van der Waals surface area contributed by atoms with Crippen LogP contribution in [0.3, 0.4) is 0 Å². The van der Waals surface area contributed by atoms with Crippen molar-refractivity contribution in [2.24, 2.45) is 11.1 Å². The SMILES string of the molecule is N[C@H]1CC2(CCC3(CCCC3)CC2)Oc2ccc(Br)cc21. The van der Waals surface area contributed by atoms with Crippen LogP contribution in [0.4, 0.5) is 0 Å². The molecule has 2 saturated carbocycles. The maximum Gasteiger partial charge on any atom is 0.124 e. The minimum absolute atomic E-state index is 0.00802. The minimum Gasteiger partial charge on any atom is -0.487 e. The van der Waals surface area contributed by atoms with Gasteiger partial charge in [0.25, 0.3) is 0 Å². The van der Waals surface area contributed by atoms with Gasteiger partial charge in [0.05, 0.1) is 0 Å². The van der Waals surface area contributed by atoms with Gasteiger partial charge >= 0.3 is 0 Å².